The van der Waals surface area contributed by atoms with Crippen LogP contribution in [0.2, 0.25) is 0 Å². The van der Waals surface area contributed by atoms with Gasteiger partial charge >= 0.3 is 6.09 Å². The molecule has 1 N–H and O–H groups in total. The molecule has 0 bridgehead atoms. The third-order valence-corrected chi connectivity index (χ3v) is 4.40. The molecule has 7 nitrogen and oxygen atoms in total. The number of rotatable bonds is 3. The smallest absolute Gasteiger partial charge is 0.409 e. The molecule has 2 aromatic rings. The quantitative estimate of drug-likeness (QED) is 0.926. The highest BCUT2D eigenvalue weighted by atomic mass is 16.5. The van der Waals surface area contributed by atoms with Crippen molar-refractivity contribution in [1.29, 1.82) is 0 Å². The molecular weight excluding hydrogens is 322 g/mol. The van der Waals surface area contributed by atoms with Gasteiger partial charge in [0.1, 0.15) is 17.0 Å². The number of aromatic nitrogens is 1. The molecule has 2 amide bonds. The minimum atomic E-state index is -0.328. The zero-order valence-corrected chi connectivity index (χ0v) is 14.3. The second kappa shape index (κ2) is 7.38. The fourth-order valence-corrected chi connectivity index (χ4v) is 3.03. The van der Waals surface area contributed by atoms with E-state index in [9.17, 15) is 9.59 Å². The third-order valence-electron chi connectivity index (χ3n) is 4.40. The summed E-state index contributed by atoms with van der Waals surface area (Å²) in [6.07, 6.45) is 1.04. The van der Waals surface area contributed by atoms with Gasteiger partial charge in [-0.15, -0.1) is 0 Å². The van der Waals surface area contributed by atoms with E-state index in [1.54, 1.807) is 11.8 Å². The first-order valence-electron chi connectivity index (χ1n) is 8.25. The summed E-state index contributed by atoms with van der Waals surface area (Å²) >= 11 is 0. The first-order valence-corrected chi connectivity index (χ1v) is 8.25. The molecule has 0 unspecified atom stereocenters. The first-order chi connectivity index (χ1) is 12.1. The van der Waals surface area contributed by atoms with Gasteiger partial charge in [-0.2, -0.15) is 0 Å². The summed E-state index contributed by atoms with van der Waals surface area (Å²) in [4.78, 5) is 25.9. The van der Waals surface area contributed by atoms with Gasteiger partial charge in [0.2, 0.25) is 0 Å². The van der Waals surface area contributed by atoms with Crippen molar-refractivity contribution in [3.05, 3.63) is 41.7 Å². The summed E-state index contributed by atoms with van der Waals surface area (Å²) in [7, 11) is 1.37. The maximum absolute atomic E-state index is 12.7. The van der Waals surface area contributed by atoms with E-state index in [1.807, 2.05) is 30.3 Å². The van der Waals surface area contributed by atoms with E-state index in [1.165, 1.54) is 7.11 Å². The number of hydrogen-bond donors (Lipinski definition) is 1. The van der Waals surface area contributed by atoms with Crippen molar-refractivity contribution < 1.29 is 18.8 Å². The number of amides is 2. The van der Waals surface area contributed by atoms with E-state index < -0.39 is 0 Å². The minimum absolute atomic E-state index is 0.00586. The number of methoxy groups -OCH3 is 1. The van der Waals surface area contributed by atoms with Crippen LogP contribution in [0.25, 0.3) is 11.3 Å². The average Bonchev–Trinajstić information content (AvgIpc) is 3.04. The van der Waals surface area contributed by atoms with Crippen molar-refractivity contribution in [1.82, 2.24) is 15.4 Å². The molecule has 1 aromatic heterocycles. The molecule has 7 heteroatoms. The highest BCUT2D eigenvalue weighted by Gasteiger charge is 2.27. The van der Waals surface area contributed by atoms with E-state index >= 15 is 0 Å². The number of benzene rings is 1. The van der Waals surface area contributed by atoms with Crippen LogP contribution in [0.1, 0.15) is 29.0 Å². The molecule has 1 aliphatic heterocycles. The summed E-state index contributed by atoms with van der Waals surface area (Å²) < 4.78 is 9.97. The van der Waals surface area contributed by atoms with Crippen LogP contribution in [0.4, 0.5) is 4.79 Å². The molecule has 1 aromatic carbocycles. The number of hydrogen-bond acceptors (Lipinski definition) is 5. The summed E-state index contributed by atoms with van der Waals surface area (Å²) in [6, 6.07) is 9.48. The van der Waals surface area contributed by atoms with Gasteiger partial charge in [0.05, 0.1) is 7.11 Å². The largest absolute Gasteiger partial charge is 0.453 e. The van der Waals surface area contributed by atoms with Crippen molar-refractivity contribution in [3.63, 3.8) is 0 Å². The normalized spacial score (nSPS) is 15.0. The average molecular weight is 343 g/mol. The molecule has 0 spiro atoms. The molecular formula is C18H21N3O4. The minimum Gasteiger partial charge on any atom is -0.453 e. The molecule has 132 valence electrons. The zero-order valence-electron chi connectivity index (χ0n) is 14.3. The lowest BCUT2D eigenvalue weighted by atomic mass is 10.0. The van der Waals surface area contributed by atoms with Crippen LogP contribution in [-0.2, 0) is 4.74 Å². The third kappa shape index (κ3) is 3.65. The molecule has 25 heavy (non-hydrogen) atoms. The molecule has 0 atom stereocenters. The van der Waals surface area contributed by atoms with Gasteiger partial charge < -0.3 is 19.5 Å². The van der Waals surface area contributed by atoms with Gasteiger partial charge in [-0.3, -0.25) is 4.79 Å². The Bertz CT molecular complexity index is 749. The van der Waals surface area contributed by atoms with E-state index in [0.717, 1.165) is 5.56 Å². The fraction of sp³-hybridized carbons (Fsp3) is 0.389. The summed E-state index contributed by atoms with van der Waals surface area (Å²) in [5, 5.41) is 7.07. The standard InChI is InChI=1S/C18H21N3O4/c1-12-15(16(20-25-12)13-6-4-3-5-7-13)17(22)19-14-8-10-21(11-9-14)18(23)24-2/h3-7,14H,8-11H2,1-2H3,(H,19,22). The Labute approximate surface area is 145 Å². The van der Waals surface area contributed by atoms with Crippen molar-refractivity contribution in [3.8, 4) is 11.3 Å². The monoisotopic (exact) mass is 343 g/mol. The Morgan fingerprint density at radius 1 is 1.24 bits per heavy atom. The lowest BCUT2D eigenvalue weighted by Gasteiger charge is -2.31. The Hall–Kier alpha value is -2.83. The van der Waals surface area contributed by atoms with E-state index in [4.69, 9.17) is 9.26 Å². The number of ether oxygens (including phenoxy) is 1. The Kier molecular flexibility index (Phi) is 5.02. The lowest BCUT2D eigenvalue weighted by molar-refractivity contribution is 0.0891. The Morgan fingerprint density at radius 2 is 1.92 bits per heavy atom. The second-order valence-electron chi connectivity index (χ2n) is 6.03. The van der Waals surface area contributed by atoms with Crippen LogP contribution < -0.4 is 5.32 Å². The van der Waals surface area contributed by atoms with Crippen LogP contribution in [0.15, 0.2) is 34.9 Å². The fourth-order valence-electron chi connectivity index (χ4n) is 3.03. The van der Waals surface area contributed by atoms with Gasteiger partial charge in [-0.25, -0.2) is 4.79 Å². The van der Waals surface area contributed by atoms with E-state index in [2.05, 4.69) is 10.5 Å². The number of nitrogens with zero attached hydrogens (tertiary/aromatic N) is 2. The number of likely N-dealkylation sites (tertiary alicyclic amines) is 1. The van der Waals surface area contributed by atoms with Crippen LogP contribution in [-0.4, -0.2) is 48.3 Å². The number of nitrogens with one attached hydrogen (secondary N) is 1. The Morgan fingerprint density at radius 3 is 2.56 bits per heavy atom. The van der Waals surface area contributed by atoms with Crippen molar-refractivity contribution in [2.45, 2.75) is 25.8 Å². The van der Waals surface area contributed by atoms with E-state index in [0.29, 0.717) is 42.9 Å². The van der Waals surface area contributed by atoms with Crippen molar-refractivity contribution >= 4 is 12.0 Å². The van der Waals surface area contributed by atoms with Crippen molar-refractivity contribution in [2.75, 3.05) is 20.2 Å². The maximum atomic E-state index is 12.7. The first kappa shape index (κ1) is 17.0. The topological polar surface area (TPSA) is 84.7 Å². The van der Waals surface area contributed by atoms with Gasteiger partial charge in [0.15, 0.2) is 0 Å². The predicted molar refractivity (Wildman–Crippen MR) is 91.1 cm³/mol. The molecule has 1 fully saturated rings. The highest BCUT2D eigenvalue weighted by molar-refractivity contribution is 6.00. The zero-order chi connectivity index (χ0) is 17.8. The summed E-state index contributed by atoms with van der Waals surface area (Å²) in [6.45, 7) is 2.85. The number of aryl methyl sites for hydroxylation is 1. The van der Waals surface area contributed by atoms with Gasteiger partial charge in [0.25, 0.3) is 5.91 Å². The number of carbonyl (C=O) groups excluding carboxylic acids is 2. The number of piperidine rings is 1. The molecule has 3 rings (SSSR count). The molecule has 0 radical (unpaired) electrons. The Balaban J connectivity index is 1.69. The van der Waals surface area contributed by atoms with Crippen molar-refractivity contribution in [2.24, 2.45) is 0 Å². The van der Waals surface area contributed by atoms with Crippen LogP contribution in [0.5, 0.6) is 0 Å². The molecule has 1 saturated heterocycles. The summed E-state index contributed by atoms with van der Waals surface area (Å²) in [5.74, 6) is 0.289. The SMILES string of the molecule is COC(=O)N1CCC(NC(=O)c2c(-c3ccccc3)noc2C)CC1. The molecule has 0 saturated carbocycles. The number of carbonyl (C=O) groups is 2. The van der Waals surface area contributed by atoms with Gasteiger partial charge in [0, 0.05) is 24.7 Å². The van der Waals surface area contributed by atoms with Crippen LogP contribution in [0, 0.1) is 6.92 Å². The van der Waals surface area contributed by atoms with Crippen LogP contribution in [0.3, 0.4) is 0 Å². The molecule has 1 aliphatic rings. The molecule has 2 heterocycles. The second-order valence-corrected chi connectivity index (χ2v) is 6.03. The van der Waals surface area contributed by atoms with Crippen LogP contribution >= 0.6 is 0 Å². The summed E-state index contributed by atoms with van der Waals surface area (Å²) in [5.41, 5.74) is 1.84. The van der Waals surface area contributed by atoms with E-state index in [-0.39, 0.29) is 18.0 Å². The van der Waals surface area contributed by atoms with Gasteiger partial charge in [-0.05, 0) is 19.8 Å². The van der Waals surface area contributed by atoms with Gasteiger partial charge in [-0.1, -0.05) is 35.5 Å². The lowest BCUT2D eigenvalue weighted by Crippen LogP contribution is -2.46. The molecule has 0 aliphatic carbocycles. The predicted octanol–water partition coefficient (Wildman–Crippen LogP) is 2.61. The maximum Gasteiger partial charge on any atom is 0.409 e. The highest BCUT2D eigenvalue weighted by Crippen LogP contribution is 2.25.